The lowest BCUT2D eigenvalue weighted by Gasteiger charge is -2.21. The molecular formula is C13H14FNO2. The van der Waals surface area contributed by atoms with Crippen molar-refractivity contribution in [2.24, 2.45) is 0 Å². The van der Waals surface area contributed by atoms with Gasteiger partial charge in [-0.3, -0.25) is 4.79 Å². The summed E-state index contributed by atoms with van der Waals surface area (Å²) in [6.07, 6.45) is 3.56. The van der Waals surface area contributed by atoms with Gasteiger partial charge in [0.1, 0.15) is 5.82 Å². The number of halogens is 1. The molecule has 0 bridgehead atoms. The summed E-state index contributed by atoms with van der Waals surface area (Å²) >= 11 is 0. The topological polar surface area (TPSA) is 29.5 Å². The highest BCUT2D eigenvalue weighted by atomic mass is 19.1. The van der Waals surface area contributed by atoms with Gasteiger partial charge in [-0.1, -0.05) is 6.07 Å². The van der Waals surface area contributed by atoms with Crippen LogP contribution in [-0.4, -0.2) is 19.6 Å². The highest BCUT2D eigenvalue weighted by molar-refractivity contribution is 6.03. The van der Waals surface area contributed by atoms with E-state index >= 15 is 0 Å². The number of anilines is 1. The van der Waals surface area contributed by atoms with Gasteiger partial charge in [0.25, 0.3) is 5.91 Å². The summed E-state index contributed by atoms with van der Waals surface area (Å²) in [6.45, 7) is 0.564. The number of allylic oxidation sites excluding steroid dienone is 1. The zero-order chi connectivity index (χ0) is 12.3. The highest BCUT2D eigenvalue weighted by Crippen LogP contribution is 2.18. The van der Waals surface area contributed by atoms with Gasteiger partial charge in [0.05, 0.1) is 6.61 Å². The Bertz CT molecular complexity index is 456. The van der Waals surface area contributed by atoms with E-state index in [4.69, 9.17) is 4.74 Å². The van der Waals surface area contributed by atoms with E-state index in [1.807, 2.05) is 0 Å². The molecular weight excluding hydrogens is 221 g/mol. The fraction of sp³-hybridized carbons (Fsp3) is 0.308. The van der Waals surface area contributed by atoms with Crippen molar-refractivity contribution in [1.29, 1.82) is 0 Å². The Morgan fingerprint density at radius 2 is 2.29 bits per heavy atom. The Kier molecular flexibility index (Phi) is 3.42. The van der Waals surface area contributed by atoms with E-state index in [1.54, 1.807) is 25.3 Å². The van der Waals surface area contributed by atoms with Crippen molar-refractivity contribution in [3.05, 3.63) is 41.9 Å². The summed E-state index contributed by atoms with van der Waals surface area (Å²) in [5, 5.41) is 0. The van der Waals surface area contributed by atoms with Gasteiger partial charge in [-0.25, -0.2) is 4.39 Å². The van der Waals surface area contributed by atoms with Crippen LogP contribution in [0.4, 0.5) is 10.1 Å². The van der Waals surface area contributed by atoms with Gasteiger partial charge in [0, 0.05) is 12.7 Å². The van der Waals surface area contributed by atoms with Crippen LogP contribution in [0.3, 0.4) is 0 Å². The number of amides is 1. The highest BCUT2D eigenvalue weighted by Gasteiger charge is 2.19. The third kappa shape index (κ3) is 2.64. The maximum Gasteiger partial charge on any atom is 0.292 e. The summed E-state index contributed by atoms with van der Waals surface area (Å²) < 4.78 is 18.3. The van der Waals surface area contributed by atoms with Crippen molar-refractivity contribution in [2.75, 3.05) is 18.6 Å². The van der Waals surface area contributed by atoms with E-state index in [0.717, 1.165) is 12.8 Å². The van der Waals surface area contributed by atoms with Crippen LogP contribution in [-0.2, 0) is 9.53 Å². The van der Waals surface area contributed by atoms with Crippen LogP contribution < -0.4 is 4.90 Å². The normalized spacial score (nSPS) is 14.8. The first-order valence-corrected chi connectivity index (χ1v) is 5.55. The number of hydrogen-bond donors (Lipinski definition) is 0. The minimum atomic E-state index is -0.360. The number of ether oxygens (including phenoxy) is 1. The van der Waals surface area contributed by atoms with Crippen LogP contribution in [0.1, 0.15) is 12.8 Å². The van der Waals surface area contributed by atoms with Crippen LogP contribution in [0.25, 0.3) is 0 Å². The van der Waals surface area contributed by atoms with Crippen molar-refractivity contribution in [2.45, 2.75) is 12.8 Å². The van der Waals surface area contributed by atoms with Crippen molar-refractivity contribution in [3.63, 3.8) is 0 Å². The fourth-order valence-electron chi connectivity index (χ4n) is 1.67. The number of carbonyl (C=O) groups is 1. The first-order chi connectivity index (χ1) is 8.18. The molecule has 0 spiro atoms. The number of benzene rings is 1. The molecule has 1 amide bonds. The smallest absolute Gasteiger partial charge is 0.292 e. The monoisotopic (exact) mass is 235 g/mol. The summed E-state index contributed by atoms with van der Waals surface area (Å²) in [5.41, 5.74) is 0.519. The number of likely N-dealkylation sites (N-methyl/N-ethyl adjacent to an activating group) is 1. The van der Waals surface area contributed by atoms with Gasteiger partial charge in [0.2, 0.25) is 0 Å². The van der Waals surface area contributed by atoms with Crippen molar-refractivity contribution in [3.8, 4) is 0 Å². The molecule has 3 nitrogen and oxygen atoms in total. The van der Waals surface area contributed by atoms with E-state index in [-0.39, 0.29) is 11.7 Å². The molecule has 0 aromatic heterocycles. The predicted octanol–water partition coefficient (Wildman–Crippen LogP) is 2.48. The molecule has 0 aliphatic carbocycles. The van der Waals surface area contributed by atoms with E-state index in [9.17, 15) is 9.18 Å². The Balaban J connectivity index is 2.17. The van der Waals surface area contributed by atoms with Crippen LogP contribution in [0.2, 0.25) is 0 Å². The molecule has 1 aromatic rings. The first kappa shape index (κ1) is 11.6. The molecule has 1 aliphatic heterocycles. The van der Waals surface area contributed by atoms with Crippen molar-refractivity contribution >= 4 is 11.6 Å². The number of carbonyl (C=O) groups excluding carboxylic acids is 1. The maximum atomic E-state index is 13.0. The minimum Gasteiger partial charge on any atom is -0.488 e. The fourth-order valence-corrected chi connectivity index (χ4v) is 1.67. The van der Waals surface area contributed by atoms with Gasteiger partial charge >= 0.3 is 0 Å². The van der Waals surface area contributed by atoms with Crippen LogP contribution >= 0.6 is 0 Å². The molecule has 17 heavy (non-hydrogen) atoms. The lowest BCUT2D eigenvalue weighted by Crippen LogP contribution is -2.29. The average Bonchev–Trinajstić information content (AvgIpc) is 2.38. The Labute approximate surface area is 99.5 Å². The summed E-state index contributed by atoms with van der Waals surface area (Å²) in [4.78, 5) is 13.4. The quantitative estimate of drug-likeness (QED) is 0.788. The third-order valence-corrected chi connectivity index (χ3v) is 2.65. The number of hydrogen-bond acceptors (Lipinski definition) is 2. The van der Waals surface area contributed by atoms with Gasteiger partial charge in [0.15, 0.2) is 5.76 Å². The summed E-state index contributed by atoms with van der Waals surface area (Å²) in [5.74, 6) is -0.251. The molecule has 4 heteroatoms. The molecule has 0 N–H and O–H groups in total. The molecule has 90 valence electrons. The zero-order valence-corrected chi connectivity index (χ0v) is 9.65. The van der Waals surface area contributed by atoms with Crippen LogP contribution in [0.15, 0.2) is 36.1 Å². The number of rotatable bonds is 2. The third-order valence-electron chi connectivity index (χ3n) is 2.65. The molecule has 1 aliphatic rings. The van der Waals surface area contributed by atoms with Crippen molar-refractivity contribution in [1.82, 2.24) is 0 Å². The number of nitrogens with zero attached hydrogens (tertiary/aromatic N) is 1. The van der Waals surface area contributed by atoms with E-state index in [1.165, 1.54) is 17.0 Å². The Morgan fingerprint density at radius 1 is 1.47 bits per heavy atom. The second kappa shape index (κ2) is 4.99. The van der Waals surface area contributed by atoms with Crippen molar-refractivity contribution < 1.29 is 13.9 Å². The van der Waals surface area contributed by atoms with Crippen LogP contribution in [0, 0.1) is 5.82 Å². The van der Waals surface area contributed by atoms with E-state index in [0.29, 0.717) is 18.1 Å². The molecule has 1 aromatic carbocycles. The molecule has 0 radical (unpaired) electrons. The average molecular weight is 235 g/mol. The molecule has 0 fully saturated rings. The predicted molar refractivity (Wildman–Crippen MR) is 63.1 cm³/mol. The molecule has 0 saturated carbocycles. The molecule has 2 rings (SSSR count). The second-order valence-electron chi connectivity index (χ2n) is 3.90. The van der Waals surface area contributed by atoms with E-state index in [2.05, 4.69) is 0 Å². The standard InChI is InChI=1S/C13H14FNO2/c1-15(11-6-4-5-10(14)9-11)13(16)12-7-2-3-8-17-12/h4-7,9H,2-3,8H2,1H3. The minimum absolute atomic E-state index is 0.240. The molecule has 0 atom stereocenters. The molecule has 0 saturated heterocycles. The first-order valence-electron chi connectivity index (χ1n) is 5.55. The van der Waals surface area contributed by atoms with Gasteiger partial charge < -0.3 is 9.64 Å². The molecule has 1 heterocycles. The Morgan fingerprint density at radius 3 is 2.94 bits per heavy atom. The lowest BCUT2D eigenvalue weighted by molar-refractivity contribution is -0.118. The summed E-state index contributed by atoms with van der Waals surface area (Å²) in [6, 6.07) is 5.93. The largest absolute Gasteiger partial charge is 0.488 e. The lowest BCUT2D eigenvalue weighted by atomic mass is 10.2. The van der Waals surface area contributed by atoms with Crippen LogP contribution in [0.5, 0.6) is 0 Å². The van der Waals surface area contributed by atoms with Gasteiger partial charge in [-0.05, 0) is 37.1 Å². The van der Waals surface area contributed by atoms with Gasteiger partial charge in [-0.2, -0.15) is 0 Å². The SMILES string of the molecule is CN(C(=O)C1=CCCCO1)c1cccc(F)c1. The Hall–Kier alpha value is -1.84. The second-order valence-corrected chi connectivity index (χ2v) is 3.90. The zero-order valence-electron chi connectivity index (χ0n) is 9.65. The van der Waals surface area contributed by atoms with Gasteiger partial charge in [-0.15, -0.1) is 0 Å². The van der Waals surface area contributed by atoms with E-state index < -0.39 is 0 Å². The summed E-state index contributed by atoms with van der Waals surface area (Å²) in [7, 11) is 1.61. The maximum absolute atomic E-state index is 13.0. The molecule has 0 unspecified atom stereocenters.